The van der Waals surface area contributed by atoms with Gasteiger partial charge in [-0.3, -0.25) is 0 Å². The first-order chi connectivity index (χ1) is 7.70. The zero-order valence-corrected chi connectivity index (χ0v) is 9.81. The van der Waals surface area contributed by atoms with Crippen molar-refractivity contribution in [2.24, 2.45) is 0 Å². The number of aromatic carboxylic acids is 1. The molecule has 0 saturated carbocycles. The summed E-state index contributed by atoms with van der Waals surface area (Å²) in [5.74, 6) is -0.334. The number of nitrogens with zero attached hydrogens (tertiary/aromatic N) is 2. The van der Waals surface area contributed by atoms with E-state index in [4.69, 9.17) is 5.11 Å². The molecule has 0 unspecified atom stereocenters. The zero-order valence-electron chi connectivity index (χ0n) is 9.81. The molecule has 16 heavy (non-hydrogen) atoms. The molecule has 0 fully saturated rings. The van der Waals surface area contributed by atoms with Gasteiger partial charge in [0.05, 0.1) is 0 Å². The fourth-order valence-electron chi connectivity index (χ4n) is 1.68. The number of pyridine rings is 1. The quantitative estimate of drug-likeness (QED) is 0.803. The van der Waals surface area contributed by atoms with Crippen molar-refractivity contribution in [2.75, 3.05) is 18.0 Å². The Balaban J connectivity index is 3.02. The number of hydrogen-bond acceptors (Lipinski definition) is 3. The molecule has 4 heteroatoms. The highest BCUT2D eigenvalue weighted by Gasteiger charge is 2.15. The molecule has 0 amide bonds. The van der Waals surface area contributed by atoms with Crippen LogP contribution in [0.2, 0.25) is 0 Å². The molecule has 88 valence electrons. The summed E-state index contributed by atoms with van der Waals surface area (Å²) in [7, 11) is 0. The van der Waals surface area contributed by atoms with Gasteiger partial charge in [-0.25, -0.2) is 9.78 Å². The van der Waals surface area contributed by atoms with Crippen LogP contribution in [0.15, 0.2) is 18.3 Å². The molecule has 0 aliphatic heterocycles. The Kier molecular flexibility index (Phi) is 4.76. The van der Waals surface area contributed by atoms with E-state index in [1.165, 1.54) is 0 Å². The normalized spacial score (nSPS) is 10.1. The Morgan fingerprint density at radius 1 is 1.38 bits per heavy atom. The van der Waals surface area contributed by atoms with Gasteiger partial charge < -0.3 is 10.0 Å². The molecule has 4 nitrogen and oxygen atoms in total. The fraction of sp³-hybridized carbons (Fsp3) is 0.500. The molecule has 0 aliphatic rings. The summed E-state index contributed by atoms with van der Waals surface area (Å²) in [4.78, 5) is 17.3. The SMILES string of the molecule is CCCN(CCC)c1ncccc1C(=O)O. The fourth-order valence-corrected chi connectivity index (χ4v) is 1.68. The van der Waals surface area contributed by atoms with Crippen molar-refractivity contribution < 1.29 is 9.90 Å². The maximum Gasteiger partial charge on any atom is 0.339 e. The van der Waals surface area contributed by atoms with Crippen molar-refractivity contribution in [3.63, 3.8) is 0 Å². The first-order valence-corrected chi connectivity index (χ1v) is 5.64. The molecule has 0 aliphatic carbocycles. The van der Waals surface area contributed by atoms with Crippen LogP contribution in [0.4, 0.5) is 5.82 Å². The number of carboxylic acids is 1. The number of carbonyl (C=O) groups is 1. The van der Waals surface area contributed by atoms with Gasteiger partial charge >= 0.3 is 5.97 Å². The number of anilines is 1. The molecule has 1 aromatic rings. The summed E-state index contributed by atoms with van der Waals surface area (Å²) in [6.07, 6.45) is 3.60. The van der Waals surface area contributed by atoms with Gasteiger partial charge in [0.1, 0.15) is 11.4 Å². The molecule has 0 atom stereocenters. The number of rotatable bonds is 6. The molecular formula is C12H18N2O2. The number of aromatic nitrogens is 1. The highest BCUT2D eigenvalue weighted by molar-refractivity contribution is 5.93. The van der Waals surface area contributed by atoms with Crippen molar-refractivity contribution in [3.8, 4) is 0 Å². The van der Waals surface area contributed by atoms with Crippen molar-refractivity contribution in [1.82, 2.24) is 4.98 Å². The van der Waals surface area contributed by atoms with Crippen LogP contribution >= 0.6 is 0 Å². The van der Waals surface area contributed by atoms with Crippen molar-refractivity contribution in [1.29, 1.82) is 0 Å². The first-order valence-electron chi connectivity index (χ1n) is 5.64. The number of hydrogen-bond donors (Lipinski definition) is 1. The lowest BCUT2D eigenvalue weighted by atomic mass is 10.2. The Hall–Kier alpha value is -1.58. The summed E-state index contributed by atoms with van der Waals surface area (Å²) in [6.45, 7) is 5.83. The summed E-state index contributed by atoms with van der Waals surface area (Å²) < 4.78 is 0. The maximum absolute atomic E-state index is 11.1. The van der Waals surface area contributed by atoms with E-state index in [1.54, 1.807) is 18.3 Å². The summed E-state index contributed by atoms with van der Waals surface area (Å²) in [6, 6.07) is 3.26. The van der Waals surface area contributed by atoms with E-state index < -0.39 is 5.97 Å². The van der Waals surface area contributed by atoms with Gasteiger partial charge in [-0.15, -0.1) is 0 Å². The van der Waals surface area contributed by atoms with Crippen molar-refractivity contribution in [2.45, 2.75) is 26.7 Å². The monoisotopic (exact) mass is 222 g/mol. The third kappa shape index (κ3) is 2.95. The second kappa shape index (κ2) is 6.10. The van der Waals surface area contributed by atoms with Crippen LogP contribution in [-0.4, -0.2) is 29.1 Å². The van der Waals surface area contributed by atoms with Gasteiger partial charge in [0.15, 0.2) is 0 Å². The molecule has 1 aromatic heterocycles. The van der Waals surface area contributed by atoms with Crippen molar-refractivity contribution >= 4 is 11.8 Å². The van der Waals surface area contributed by atoms with E-state index in [0.717, 1.165) is 25.9 Å². The molecule has 1 heterocycles. The Morgan fingerprint density at radius 2 is 2.00 bits per heavy atom. The van der Waals surface area contributed by atoms with Gasteiger partial charge in [0, 0.05) is 19.3 Å². The Morgan fingerprint density at radius 3 is 2.50 bits per heavy atom. The lowest BCUT2D eigenvalue weighted by molar-refractivity contribution is 0.0697. The predicted molar refractivity (Wildman–Crippen MR) is 64.0 cm³/mol. The molecule has 0 bridgehead atoms. The van der Waals surface area contributed by atoms with Crippen LogP contribution in [-0.2, 0) is 0 Å². The van der Waals surface area contributed by atoms with Crippen LogP contribution in [0.25, 0.3) is 0 Å². The van der Waals surface area contributed by atoms with Crippen LogP contribution in [0.3, 0.4) is 0 Å². The zero-order chi connectivity index (χ0) is 12.0. The Bertz CT molecular complexity index is 347. The molecule has 0 aromatic carbocycles. The lowest BCUT2D eigenvalue weighted by Gasteiger charge is -2.23. The van der Waals surface area contributed by atoms with Crippen LogP contribution in [0, 0.1) is 0 Å². The average Bonchev–Trinajstić information content (AvgIpc) is 2.29. The largest absolute Gasteiger partial charge is 0.478 e. The Labute approximate surface area is 95.9 Å². The van der Waals surface area contributed by atoms with Crippen molar-refractivity contribution in [3.05, 3.63) is 23.9 Å². The van der Waals surface area contributed by atoms with E-state index in [1.807, 2.05) is 4.90 Å². The summed E-state index contributed by atoms with van der Waals surface area (Å²) >= 11 is 0. The van der Waals surface area contributed by atoms with E-state index >= 15 is 0 Å². The molecule has 1 rings (SSSR count). The van der Waals surface area contributed by atoms with Crippen LogP contribution in [0.5, 0.6) is 0 Å². The van der Waals surface area contributed by atoms with E-state index in [-0.39, 0.29) is 5.56 Å². The maximum atomic E-state index is 11.1. The second-order valence-electron chi connectivity index (χ2n) is 3.67. The standard InChI is InChI=1S/C12H18N2O2/c1-3-8-14(9-4-2)11-10(12(15)16)6-5-7-13-11/h5-7H,3-4,8-9H2,1-2H3,(H,15,16). The minimum absolute atomic E-state index is 0.282. The van der Waals surface area contributed by atoms with E-state index in [0.29, 0.717) is 5.82 Å². The predicted octanol–water partition coefficient (Wildman–Crippen LogP) is 2.41. The third-order valence-corrected chi connectivity index (χ3v) is 2.30. The topological polar surface area (TPSA) is 53.4 Å². The van der Waals surface area contributed by atoms with Crippen LogP contribution < -0.4 is 4.90 Å². The summed E-state index contributed by atoms with van der Waals surface area (Å²) in [5.41, 5.74) is 0.282. The second-order valence-corrected chi connectivity index (χ2v) is 3.67. The van der Waals surface area contributed by atoms with E-state index in [9.17, 15) is 4.79 Å². The molecule has 0 radical (unpaired) electrons. The van der Waals surface area contributed by atoms with Gasteiger partial charge in [0.2, 0.25) is 0 Å². The molecule has 0 saturated heterocycles. The highest BCUT2D eigenvalue weighted by Crippen LogP contribution is 2.17. The first kappa shape index (κ1) is 12.5. The van der Waals surface area contributed by atoms with Gasteiger partial charge in [-0.05, 0) is 25.0 Å². The van der Waals surface area contributed by atoms with Gasteiger partial charge in [0.25, 0.3) is 0 Å². The summed E-state index contributed by atoms with van der Waals surface area (Å²) in [5, 5.41) is 9.08. The number of carboxylic acid groups (broad SMARTS) is 1. The molecule has 1 N–H and O–H groups in total. The minimum Gasteiger partial charge on any atom is -0.478 e. The minimum atomic E-state index is -0.916. The van der Waals surface area contributed by atoms with E-state index in [2.05, 4.69) is 18.8 Å². The van der Waals surface area contributed by atoms with Gasteiger partial charge in [-0.2, -0.15) is 0 Å². The van der Waals surface area contributed by atoms with Gasteiger partial charge in [-0.1, -0.05) is 13.8 Å². The highest BCUT2D eigenvalue weighted by atomic mass is 16.4. The molecule has 0 spiro atoms. The molecular weight excluding hydrogens is 204 g/mol. The third-order valence-electron chi connectivity index (χ3n) is 2.30. The smallest absolute Gasteiger partial charge is 0.339 e. The van der Waals surface area contributed by atoms with Crippen LogP contribution in [0.1, 0.15) is 37.0 Å². The lowest BCUT2D eigenvalue weighted by Crippen LogP contribution is -2.27. The average molecular weight is 222 g/mol.